The summed E-state index contributed by atoms with van der Waals surface area (Å²) in [5.41, 5.74) is 0.703. The minimum absolute atomic E-state index is 0. The van der Waals surface area contributed by atoms with Crippen LogP contribution < -0.4 is 10.0 Å². The van der Waals surface area contributed by atoms with E-state index in [1.54, 1.807) is 13.0 Å². The van der Waals surface area contributed by atoms with E-state index in [2.05, 4.69) is 10.0 Å². The predicted molar refractivity (Wildman–Crippen MR) is 83.8 cm³/mol. The van der Waals surface area contributed by atoms with Crippen molar-refractivity contribution < 1.29 is 12.8 Å². The number of benzene rings is 1. The lowest BCUT2D eigenvalue weighted by Gasteiger charge is -2.22. The molecule has 1 heterocycles. The van der Waals surface area contributed by atoms with Crippen molar-refractivity contribution in [1.29, 1.82) is 0 Å². The summed E-state index contributed by atoms with van der Waals surface area (Å²) in [5, 5.41) is 3.29. The lowest BCUT2D eigenvalue weighted by Crippen LogP contribution is -2.33. The smallest absolute Gasteiger partial charge is 0.243 e. The van der Waals surface area contributed by atoms with Crippen LogP contribution in [0.2, 0.25) is 0 Å². The van der Waals surface area contributed by atoms with Gasteiger partial charge in [-0.15, -0.1) is 12.4 Å². The third kappa shape index (κ3) is 5.21. The second kappa shape index (κ2) is 8.08. The summed E-state index contributed by atoms with van der Waals surface area (Å²) in [7, 11) is -3.75. The summed E-state index contributed by atoms with van der Waals surface area (Å²) in [6.07, 6.45) is 3.03. The van der Waals surface area contributed by atoms with E-state index in [1.807, 2.05) is 0 Å². The highest BCUT2D eigenvalue weighted by molar-refractivity contribution is 7.89. The molecule has 0 aromatic heterocycles. The van der Waals surface area contributed by atoms with Crippen LogP contribution in [0.3, 0.4) is 0 Å². The Bertz CT molecular complexity index is 560. The number of piperidine rings is 1. The molecule has 1 aliphatic heterocycles. The molecule has 2 N–H and O–H groups in total. The Morgan fingerprint density at radius 2 is 2.19 bits per heavy atom. The van der Waals surface area contributed by atoms with Crippen LogP contribution in [-0.4, -0.2) is 28.1 Å². The molecule has 0 amide bonds. The number of rotatable bonds is 5. The van der Waals surface area contributed by atoms with E-state index in [9.17, 15) is 12.8 Å². The number of sulfonamides is 1. The Morgan fingerprint density at radius 3 is 2.81 bits per heavy atom. The van der Waals surface area contributed by atoms with Gasteiger partial charge in [-0.25, -0.2) is 17.5 Å². The maximum atomic E-state index is 13.7. The van der Waals surface area contributed by atoms with Gasteiger partial charge in [0.1, 0.15) is 10.7 Å². The summed E-state index contributed by atoms with van der Waals surface area (Å²) in [4.78, 5) is -0.273. The number of hydrogen-bond acceptors (Lipinski definition) is 3. The summed E-state index contributed by atoms with van der Waals surface area (Å²) >= 11 is 0. The summed E-state index contributed by atoms with van der Waals surface area (Å²) in [6, 6.07) is 4.15. The van der Waals surface area contributed by atoms with Crippen LogP contribution in [0.5, 0.6) is 0 Å². The first-order valence-corrected chi connectivity index (χ1v) is 8.44. The fourth-order valence-electron chi connectivity index (χ4n) is 2.47. The molecule has 0 bridgehead atoms. The summed E-state index contributed by atoms with van der Waals surface area (Å²) in [5.74, 6) is -0.203. The normalized spacial score (nSPS) is 19.0. The van der Waals surface area contributed by atoms with Crippen LogP contribution in [-0.2, 0) is 10.0 Å². The van der Waals surface area contributed by atoms with E-state index in [4.69, 9.17) is 0 Å². The standard InChI is InChI=1S/C14H21FN2O2S.ClH/c1-11-4-5-14(13(15)9-11)20(18,19)17-8-6-12-3-2-7-16-10-12;/h4-5,9,12,16-17H,2-3,6-8,10H2,1H3;1H. The first-order chi connectivity index (χ1) is 9.49. The quantitative estimate of drug-likeness (QED) is 0.867. The van der Waals surface area contributed by atoms with Gasteiger partial charge in [0, 0.05) is 6.54 Å². The molecule has 7 heteroatoms. The second-order valence-electron chi connectivity index (χ2n) is 5.33. The van der Waals surface area contributed by atoms with E-state index in [1.165, 1.54) is 12.1 Å². The van der Waals surface area contributed by atoms with Gasteiger partial charge in [0.2, 0.25) is 10.0 Å². The van der Waals surface area contributed by atoms with Gasteiger partial charge < -0.3 is 5.32 Å². The molecule has 1 atom stereocenters. The van der Waals surface area contributed by atoms with Crippen molar-refractivity contribution in [1.82, 2.24) is 10.0 Å². The van der Waals surface area contributed by atoms with E-state index >= 15 is 0 Å². The van der Waals surface area contributed by atoms with Gasteiger partial charge >= 0.3 is 0 Å². The Kier molecular flexibility index (Phi) is 7.06. The molecule has 1 saturated heterocycles. The average Bonchev–Trinajstić information content (AvgIpc) is 2.39. The Labute approximate surface area is 132 Å². The molecule has 1 aliphatic rings. The molecule has 4 nitrogen and oxygen atoms in total. The number of hydrogen-bond donors (Lipinski definition) is 2. The monoisotopic (exact) mass is 336 g/mol. The maximum Gasteiger partial charge on any atom is 0.243 e. The zero-order valence-corrected chi connectivity index (χ0v) is 13.7. The van der Waals surface area contributed by atoms with Gasteiger partial charge in [-0.3, -0.25) is 0 Å². The van der Waals surface area contributed by atoms with Crippen molar-refractivity contribution in [3.63, 3.8) is 0 Å². The van der Waals surface area contributed by atoms with Crippen molar-refractivity contribution >= 4 is 22.4 Å². The van der Waals surface area contributed by atoms with Crippen molar-refractivity contribution in [2.24, 2.45) is 5.92 Å². The van der Waals surface area contributed by atoms with Crippen LogP contribution in [0.15, 0.2) is 23.1 Å². The Balaban J connectivity index is 0.00000220. The molecule has 120 valence electrons. The molecule has 1 aromatic rings. The van der Waals surface area contributed by atoms with Crippen LogP contribution >= 0.6 is 12.4 Å². The van der Waals surface area contributed by atoms with Gasteiger partial charge in [-0.05, 0) is 62.9 Å². The van der Waals surface area contributed by atoms with Crippen LogP contribution in [0.25, 0.3) is 0 Å². The topological polar surface area (TPSA) is 58.2 Å². The van der Waals surface area contributed by atoms with Crippen molar-refractivity contribution in [2.75, 3.05) is 19.6 Å². The summed E-state index contributed by atoms with van der Waals surface area (Å²) < 4.78 is 40.3. The zero-order valence-electron chi connectivity index (χ0n) is 12.1. The fourth-order valence-corrected chi connectivity index (χ4v) is 3.57. The molecule has 1 aromatic carbocycles. The van der Waals surface area contributed by atoms with Crippen LogP contribution in [0.4, 0.5) is 4.39 Å². The molecule has 0 spiro atoms. The third-order valence-electron chi connectivity index (χ3n) is 3.62. The average molecular weight is 337 g/mol. The molecule has 21 heavy (non-hydrogen) atoms. The fraction of sp³-hybridized carbons (Fsp3) is 0.571. The van der Waals surface area contributed by atoms with Gasteiger partial charge in [-0.1, -0.05) is 6.07 Å². The maximum absolute atomic E-state index is 13.7. The molecule has 2 rings (SSSR count). The number of aryl methyl sites for hydroxylation is 1. The van der Waals surface area contributed by atoms with E-state index in [0.717, 1.165) is 32.4 Å². The first-order valence-electron chi connectivity index (χ1n) is 6.95. The van der Waals surface area contributed by atoms with E-state index in [0.29, 0.717) is 18.0 Å². The Hall–Kier alpha value is -0.690. The SMILES string of the molecule is Cc1ccc(S(=O)(=O)NCCC2CCCNC2)c(F)c1.Cl. The van der Waals surface area contributed by atoms with E-state index in [-0.39, 0.29) is 17.3 Å². The van der Waals surface area contributed by atoms with Crippen molar-refractivity contribution in [3.05, 3.63) is 29.6 Å². The summed E-state index contributed by atoms with van der Waals surface area (Å²) in [6.45, 7) is 4.04. The van der Waals surface area contributed by atoms with Gasteiger partial charge in [-0.2, -0.15) is 0 Å². The molecule has 0 saturated carbocycles. The number of nitrogens with one attached hydrogen (secondary N) is 2. The van der Waals surface area contributed by atoms with Gasteiger partial charge in [0.25, 0.3) is 0 Å². The molecular weight excluding hydrogens is 315 g/mol. The van der Waals surface area contributed by atoms with E-state index < -0.39 is 15.8 Å². The molecule has 0 radical (unpaired) electrons. The van der Waals surface area contributed by atoms with Crippen LogP contribution in [0.1, 0.15) is 24.8 Å². The largest absolute Gasteiger partial charge is 0.316 e. The van der Waals surface area contributed by atoms with Crippen LogP contribution in [0, 0.1) is 18.7 Å². The first kappa shape index (κ1) is 18.4. The third-order valence-corrected chi connectivity index (χ3v) is 5.11. The lowest BCUT2D eigenvalue weighted by atomic mass is 9.96. The lowest BCUT2D eigenvalue weighted by molar-refractivity contribution is 0.358. The highest BCUT2D eigenvalue weighted by atomic mass is 35.5. The van der Waals surface area contributed by atoms with Gasteiger partial charge in [0.15, 0.2) is 0 Å². The molecule has 0 aliphatic carbocycles. The highest BCUT2D eigenvalue weighted by Crippen LogP contribution is 2.17. The number of halogens is 2. The minimum atomic E-state index is -3.75. The van der Waals surface area contributed by atoms with Crippen molar-refractivity contribution in [3.8, 4) is 0 Å². The Morgan fingerprint density at radius 1 is 1.43 bits per heavy atom. The predicted octanol–water partition coefficient (Wildman–Crippen LogP) is 2.22. The zero-order chi connectivity index (χ0) is 14.6. The molecular formula is C14H22ClFN2O2S. The molecule has 1 unspecified atom stereocenters. The minimum Gasteiger partial charge on any atom is -0.316 e. The van der Waals surface area contributed by atoms with Gasteiger partial charge in [0.05, 0.1) is 0 Å². The second-order valence-corrected chi connectivity index (χ2v) is 7.07. The van der Waals surface area contributed by atoms with Crippen molar-refractivity contribution in [2.45, 2.75) is 31.1 Å². The highest BCUT2D eigenvalue weighted by Gasteiger charge is 2.19. The molecule has 1 fully saturated rings.